The summed E-state index contributed by atoms with van der Waals surface area (Å²) >= 11 is 1.57. The van der Waals surface area contributed by atoms with Crippen LogP contribution in [0.5, 0.6) is 0 Å². The summed E-state index contributed by atoms with van der Waals surface area (Å²) in [6.45, 7) is 2.68. The quantitative estimate of drug-likeness (QED) is 0.895. The Bertz CT molecular complexity index is 713. The van der Waals surface area contributed by atoms with Gasteiger partial charge in [-0.15, -0.1) is 11.3 Å². The van der Waals surface area contributed by atoms with Gasteiger partial charge in [0, 0.05) is 12.6 Å². The summed E-state index contributed by atoms with van der Waals surface area (Å²) in [6, 6.07) is 8.00. The van der Waals surface area contributed by atoms with Crippen LogP contribution < -0.4 is 5.73 Å². The number of amides is 2. The molecule has 0 spiro atoms. The molecule has 2 heterocycles. The Morgan fingerprint density at radius 2 is 2.17 bits per heavy atom. The van der Waals surface area contributed by atoms with Gasteiger partial charge in [-0.2, -0.15) is 0 Å². The zero-order chi connectivity index (χ0) is 17.1. The fourth-order valence-electron chi connectivity index (χ4n) is 2.98. The molecule has 1 aliphatic heterocycles. The summed E-state index contributed by atoms with van der Waals surface area (Å²) in [5, 5.41) is 0.853. The maximum absolute atomic E-state index is 12.4. The van der Waals surface area contributed by atoms with Crippen molar-refractivity contribution < 1.29 is 14.3 Å². The molecule has 2 aromatic rings. The molecule has 0 aliphatic carbocycles. The highest BCUT2D eigenvalue weighted by Gasteiger charge is 2.31. The van der Waals surface area contributed by atoms with Gasteiger partial charge in [-0.05, 0) is 31.9 Å². The molecule has 2 atom stereocenters. The summed E-state index contributed by atoms with van der Waals surface area (Å²) in [4.78, 5) is 29.9. The highest BCUT2D eigenvalue weighted by atomic mass is 32.1. The first kappa shape index (κ1) is 16.9. The van der Waals surface area contributed by atoms with Crippen LogP contribution in [0.15, 0.2) is 24.3 Å². The van der Waals surface area contributed by atoms with Crippen molar-refractivity contribution in [1.82, 2.24) is 9.88 Å². The lowest BCUT2D eigenvalue weighted by molar-refractivity contribution is -0.142. The fraction of sp³-hybridized carbons (Fsp3) is 0.471. The SMILES string of the molecule is C[C@@H]1CC[C@@H](C(N)=O)CN1C(=O)COCc1nc2ccccc2s1. The molecule has 7 heteroatoms. The molecule has 2 N–H and O–H groups in total. The number of aromatic nitrogens is 1. The first-order valence-corrected chi connectivity index (χ1v) is 8.87. The molecule has 3 rings (SSSR count). The molecule has 1 aromatic heterocycles. The molecule has 0 bridgehead atoms. The standard InChI is InChI=1S/C17H21N3O3S/c1-11-6-7-12(17(18)22)8-20(11)16(21)10-23-9-15-19-13-4-2-3-5-14(13)24-15/h2-5,11-12H,6-10H2,1H3,(H2,18,22)/t11-,12-/m1/s1. The van der Waals surface area contributed by atoms with E-state index in [4.69, 9.17) is 10.5 Å². The number of carbonyl (C=O) groups excluding carboxylic acids is 2. The Morgan fingerprint density at radius 1 is 1.38 bits per heavy atom. The van der Waals surface area contributed by atoms with E-state index in [2.05, 4.69) is 4.98 Å². The van der Waals surface area contributed by atoms with E-state index in [1.165, 1.54) is 0 Å². The monoisotopic (exact) mass is 347 g/mol. The molecule has 0 unspecified atom stereocenters. The van der Waals surface area contributed by atoms with Crippen LogP contribution in [0.25, 0.3) is 10.2 Å². The number of benzene rings is 1. The third kappa shape index (κ3) is 3.73. The van der Waals surface area contributed by atoms with Gasteiger partial charge in [-0.1, -0.05) is 12.1 Å². The van der Waals surface area contributed by atoms with E-state index in [1.54, 1.807) is 16.2 Å². The molecule has 0 saturated carbocycles. The smallest absolute Gasteiger partial charge is 0.248 e. The third-order valence-corrected chi connectivity index (χ3v) is 5.40. The number of ether oxygens (including phenoxy) is 1. The molecular weight excluding hydrogens is 326 g/mol. The number of nitrogens with zero attached hydrogens (tertiary/aromatic N) is 2. The van der Waals surface area contributed by atoms with Gasteiger partial charge in [0.15, 0.2) is 0 Å². The van der Waals surface area contributed by atoms with Crippen LogP contribution in [0.3, 0.4) is 0 Å². The molecular formula is C17H21N3O3S. The van der Waals surface area contributed by atoms with Gasteiger partial charge >= 0.3 is 0 Å². The second-order valence-corrected chi connectivity index (χ2v) is 7.26. The van der Waals surface area contributed by atoms with Crippen LogP contribution in [0, 0.1) is 5.92 Å². The number of carbonyl (C=O) groups is 2. The Labute approximate surface area is 144 Å². The first-order valence-electron chi connectivity index (χ1n) is 8.05. The summed E-state index contributed by atoms with van der Waals surface area (Å²) in [5.74, 6) is -0.695. The minimum atomic E-state index is -0.338. The zero-order valence-corrected chi connectivity index (χ0v) is 14.4. The van der Waals surface area contributed by atoms with E-state index in [-0.39, 0.29) is 30.4 Å². The third-order valence-electron chi connectivity index (χ3n) is 4.39. The normalized spacial score (nSPS) is 21.1. The molecule has 1 saturated heterocycles. The number of fused-ring (bicyclic) bond motifs is 1. The number of rotatable bonds is 5. The van der Waals surface area contributed by atoms with Crippen molar-refractivity contribution in [2.45, 2.75) is 32.4 Å². The van der Waals surface area contributed by atoms with Gasteiger partial charge in [0.25, 0.3) is 0 Å². The van der Waals surface area contributed by atoms with Gasteiger partial charge in [0.1, 0.15) is 11.6 Å². The Morgan fingerprint density at radius 3 is 2.92 bits per heavy atom. The molecule has 1 aromatic carbocycles. The van der Waals surface area contributed by atoms with Crippen LogP contribution in [-0.4, -0.2) is 40.9 Å². The largest absolute Gasteiger partial charge is 0.369 e. The van der Waals surface area contributed by atoms with Gasteiger partial charge in [0.05, 0.1) is 22.7 Å². The van der Waals surface area contributed by atoms with E-state index < -0.39 is 0 Å². The average Bonchev–Trinajstić information content (AvgIpc) is 2.97. The summed E-state index contributed by atoms with van der Waals surface area (Å²) in [5.41, 5.74) is 6.32. The molecule has 6 nitrogen and oxygen atoms in total. The van der Waals surface area contributed by atoms with Crippen molar-refractivity contribution in [3.8, 4) is 0 Å². The van der Waals surface area contributed by atoms with Crippen molar-refractivity contribution >= 4 is 33.4 Å². The molecule has 128 valence electrons. The first-order chi connectivity index (χ1) is 11.5. The number of nitrogens with two attached hydrogens (primary N) is 1. The average molecular weight is 347 g/mol. The van der Waals surface area contributed by atoms with Gasteiger partial charge < -0.3 is 15.4 Å². The number of hydrogen-bond donors (Lipinski definition) is 1. The molecule has 24 heavy (non-hydrogen) atoms. The summed E-state index contributed by atoms with van der Waals surface area (Å²) in [6.07, 6.45) is 1.53. The number of hydrogen-bond acceptors (Lipinski definition) is 5. The van der Waals surface area contributed by atoms with Gasteiger partial charge in [0.2, 0.25) is 11.8 Å². The van der Waals surface area contributed by atoms with E-state index in [0.717, 1.165) is 28.1 Å². The lowest BCUT2D eigenvalue weighted by Gasteiger charge is -2.36. The van der Waals surface area contributed by atoms with Crippen molar-refractivity contribution in [2.75, 3.05) is 13.2 Å². The summed E-state index contributed by atoms with van der Waals surface area (Å²) < 4.78 is 6.66. The van der Waals surface area contributed by atoms with Crippen molar-refractivity contribution in [1.29, 1.82) is 0 Å². The van der Waals surface area contributed by atoms with E-state index in [0.29, 0.717) is 13.2 Å². The van der Waals surface area contributed by atoms with Gasteiger partial charge in [-0.25, -0.2) is 4.98 Å². The van der Waals surface area contributed by atoms with Crippen LogP contribution in [0.1, 0.15) is 24.8 Å². The number of primary amides is 1. The lowest BCUT2D eigenvalue weighted by Crippen LogP contribution is -2.49. The molecule has 0 radical (unpaired) electrons. The van der Waals surface area contributed by atoms with Crippen LogP contribution in [0.4, 0.5) is 0 Å². The summed E-state index contributed by atoms with van der Waals surface area (Å²) in [7, 11) is 0. The second kappa shape index (κ2) is 7.27. The minimum absolute atomic E-state index is 0.00819. The Hall–Kier alpha value is -1.99. The predicted octanol–water partition coefficient (Wildman–Crippen LogP) is 1.93. The molecule has 1 aliphatic rings. The molecule has 2 amide bonds. The van der Waals surface area contributed by atoms with Gasteiger partial charge in [-0.3, -0.25) is 9.59 Å². The van der Waals surface area contributed by atoms with Crippen LogP contribution in [0.2, 0.25) is 0 Å². The van der Waals surface area contributed by atoms with Crippen molar-refractivity contribution in [2.24, 2.45) is 11.7 Å². The predicted molar refractivity (Wildman–Crippen MR) is 92.4 cm³/mol. The maximum Gasteiger partial charge on any atom is 0.248 e. The second-order valence-electron chi connectivity index (χ2n) is 6.14. The number of likely N-dealkylation sites (tertiary alicyclic amines) is 1. The highest BCUT2D eigenvalue weighted by Crippen LogP contribution is 2.23. The maximum atomic E-state index is 12.4. The van der Waals surface area contributed by atoms with Crippen LogP contribution >= 0.6 is 11.3 Å². The fourth-order valence-corrected chi connectivity index (χ4v) is 3.88. The van der Waals surface area contributed by atoms with Crippen LogP contribution in [-0.2, 0) is 20.9 Å². The highest BCUT2D eigenvalue weighted by molar-refractivity contribution is 7.18. The Kier molecular flexibility index (Phi) is 5.11. The zero-order valence-electron chi connectivity index (χ0n) is 13.6. The minimum Gasteiger partial charge on any atom is -0.369 e. The van der Waals surface area contributed by atoms with Crippen molar-refractivity contribution in [3.63, 3.8) is 0 Å². The Balaban J connectivity index is 1.53. The number of thiazole rings is 1. The lowest BCUT2D eigenvalue weighted by atomic mass is 9.93. The number of para-hydroxylation sites is 1. The molecule has 1 fully saturated rings. The number of piperidine rings is 1. The van der Waals surface area contributed by atoms with E-state index >= 15 is 0 Å². The van der Waals surface area contributed by atoms with E-state index in [1.807, 2.05) is 31.2 Å². The van der Waals surface area contributed by atoms with E-state index in [9.17, 15) is 9.59 Å². The topological polar surface area (TPSA) is 85.5 Å². The van der Waals surface area contributed by atoms with Crippen molar-refractivity contribution in [3.05, 3.63) is 29.3 Å².